The molecule has 2 aromatic heterocycles. The van der Waals surface area contributed by atoms with Crippen molar-refractivity contribution in [1.29, 1.82) is 0 Å². The minimum atomic E-state index is -0.546. The molecule has 1 atom stereocenters. The Morgan fingerprint density at radius 2 is 1.92 bits per heavy atom. The Labute approximate surface area is 226 Å². The first kappa shape index (κ1) is 26.6. The number of carbonyl (C=O) groups is 2. The van der Waals surface area contributed by atoms with Gasteiger partial charge in [0, 0.05) is 35.7 Å². The Bertz CT molecular complexity index is 1480. The number of Topliss-reactive ketones (excluding diaryl/α,β-unsaturated/α-hetero) is 1. The lowest BCUT2D eigenvalue weighted by atomic mass is 9.73. The zero-order valence-electron chi connectivity index (χ0n) is 22.8. The number of ether oxygens (including phenoxy) is 2. The van der Waals surface area contributed by atoms with Gasteiger partial charge in [-0.05, 0) is 64.2 Å². The molecular weight excluding hydrogens is 500 g/mol. The van der Waals surface area contributed by atoms with E-state index in [-0.39, 0.29) is 46.7 Å². The second-order valence-corrected chi connectivity index (χ2v) is 10.8. The van der Waals surface area contributed by atoms with Crippen molar-refractivity contribution in [1.82, 2.24) is 19.6 Å². The van der Waals surface area contributed by atoms with Gasteiger partial charge in [-0.3, -0.25) is 4.79 Å². The van der Waals surface area contributed by atoms with Crippen LogP contribution in [0.25, 0.3) is 5.78 Å². The number of esters is 1. The fourth-order valence-electron chi connectivity index (χ4n) is 6.09. The largest absolute Gasteiger partial charge is 0.512 e. The maximum atomic E-state index is 13.2. The van der Waals surface area contributed by atoms with E-state index in [1.165, 1.54) is 20.1 Å². The van der Waals surface area contributed by atoms with E-state index in [1.54, 1.807) is 10.6 Å². The van der Waals surface area contributed by atoms with Gasteiger partial charge in [-0.2, -0.15) is 4.98 Å². The number of aromatic nitrogens is 4. The van der Waals surface area contributed by atoms with E-state index >= 15 is 0 Å². The van der Waals surface area contributed by atoms with E-state index in [4.69, 9.17) is 9.47 Å². The van der Waals surface area contributed by atoms with E-state index in [0.717, 1.165) is 42.6 Å². The summed E-state index contributed by atoms with van der Waals surface area (Å²) in [4.78, 5) is 34.0. The standard InChI is InChI=1S/C29H34N4O6/c1-16-11-17(2)33-28(30-16)31-26(32-33)13-21-23(36)15-25(39-27(21)37)29(8-5-6-9-29)10-7-19-12-20(18(3)34)22(35)14-24(19)38-4/h11-12,14,25,35-36H,5-10,13,15H2,1-4H3. The minimum absolute atomic E-state index is 0.0170. The van der Waals surface area contributed by atoms with Crippen molar-refractivity contribution in [3.05, 3.63) is 57.9 Å². The summed E-state index contributed by atoms with van der Waals surface area (Å²) in [6.07, 6.45) is 4.84. The summed E-state index contributed by atoms with van der Waals surface area (Å²) < 4.78 is 13.1. The molecule has 10 nitrogen and oxygen atoms in total. The number of methoxy groups -OCH3 is 1. The quantitative estimate of drug-likeness (QED) is 0.316. The number of hydrogen-bond donors (Lipinski definition) is 2. The van der Waals surface area contributed by atoms with Gasteiger partial charge in [0.05, 0.1) is 18.2 Å². The summed E-state index contributed by atoms with van der Waals surface area (Å²) in [5.41, 5.74) is 2.63. The van der Waals surface area contributed by atoms with Gasteiger partial charge in [-0.1, -0.05) is 12.8 Å². The number of rotatable bonds is 8. The Hall–Kier alpha value is -3.95. The molecule has 0 radical (unpaired) electrons. The normalized spacial score (nSPS) is 19.0. The number of nitrogens with zero attached hydrogens (tertiary/aromatic N) is 4. The maximum absolute atomic E-state index is 13.2. The van der Waals surface area contributed by atoms with Crippen LogP contribution in [0, 0.1) is 19.3 Å². The number of phenolic OH excluding ortho intramolecular Hbond substituents is 1. The molecule has 0 saturated heterocycles. The third-order valence-electron chi connectivity index (χ3n) is 8.17. The summed E-state index contributed by atoms with van der Waals surface area (Å²) in [6, 6.07) is 5.05. The summed E-state index contributed by atoms with van der Waals surface area (Å²) in [5, 5.41) is 25.7. The highest BCUT2D eigenvalue weighted by Gasteiger charge is 2.46. The van der Waals surface area contributed by atoms with Gasteiger partial charge in [0.2, 0.25) is 0 Å². The maximum Gasteiger partial charge on any atom is 0.338 e. The zero-order chi connectivity index (χ0) is 27.9. The lowest BCUT2D eigenvalue weighted by Crippen LogP contribution is -2.41. The van der Waals surface area contributed by atoms with Crippen molar-refractivity contribution in [2.45, 2.75) is 78.2 Å². The van der Waals surface area contributed by atoms with Crippen molar-refractivity contribution in [3.63, 3.8) is 0 Å². The van der Waals surface area contributed by atoms with Crippen molar-refractivity contribution in [2.24, 2.45) is 5.41 Å². The Kier molecular flexibility index (Phi) is 7.05. The molecule has 2 N–H and O–H groups in total. The molecular formula is C29H34N4O6. The van der Waals surface area contributed by atoms with Gasteiger partial charge in [0.1, 0.15) is 23.4 Å². The first-order valence-electron chi connectivity index (χ1n) is 13.3. The number of ketones is 1. The molecule has 1 fully saturated rings. The summed E-state index contributed by atoms with van der Waals surface area (Å²) in [6.45, 7) is 5.21. The number of aliphatic hydroxyl groups is 1. The first-order chi connectivity index (χ1) is 18.6. The van der Waals surface area contributed by atoms with E-state index in [1.807, 2.05) is 19.9 Å². The average molecular weight is 535 g/mol. The number of aliphatic hydroxyl groups excluding tert-OH is 1. The predicted octanol–water partition coefficient (Wildman–Crippen LogP) is 4.52. The van der Waals surface area contributed by atoms with Gasteiger partial charge < -0.3 is 19.7 Å². The van der Waals surface area contributed by atoms with Gasteiger partial charge in [-0.15, -0.1) is 5.10 Å². The van der Waals surface area contributed by atoms with Crippen LogP contribution in [0.3, 0.4) is 0 Å². The molecule has 3 aromatic rings. The van der Waals surface area contributed by atoms with Gasteiger partial charge in [0.25, 0.3) is 5.78 Å². The SMILES string of the molecule is COc1cc(O)c(C(C)=O)cc1CCC1(C2CC(O)=C(Cc3nc4nc(C)cc(C)n4n3)C(=O)O2)CCCC1. The number of aromatic hydroxyl groups is 1. The third kappa shape index (κ3) is 5.07. The topological polar surface area (TPSA) is 136 Å². The van der Waals surface area contributed by atoms with Gasteiger partial charge >= 0.3 is 5.97 Å². The van der Waals surface area contributed by atoms with Crippen molar-refractivity contribution in [3.8, 4) is 11.5 Å². The van der Waals surface area contributed by atoms with Crippen LogP contribution in [0.1, 0.15) is 78.6 Å². The smallest absolute Gasteiger partial charge is 0.338 e. The van der Waals surface area contributed by atoms with Crippen LogP contribution in [0.4, 0.5) is 0 Å². The molecule has 10 heteroatoms. The van der Waals surface area contributed by atoms with E-state index in [0.29, 0.717) is 30.2 Å². The van der Waals surface area contributed by atoms with Crippen LogP contribution < -0.4 is 4.74 Å². The van der Waals surface area contributed by atoms with Crippen molar-refractivity contribution >= 4 is 17.5 Å². The van der Waals surface area contributed by atoms with Crippen LogP contribution >= 0.6 is 0 Å². The monoisotopic (exact) mass is 534 g/mol. The molecule has 1 aliphatic heterocycles. The van der Waals surface area contributed by atoms with E-state index in [9.17, 15) is 19.8 Å². The second-order valence-electron chi connectivity index (χ2n) is 10.8. The van der Waals surface area contributed by atoms with Crippen LogP contribution in [-0.2, 0) is 22.4 Å². The summed E-state index contributed by atoms with van der Waals surface area (Å²) in [7, 11) is 1.53. The minimum Gasteiger partial charge on any atom is -0.512 e. The van der Waals surface area contributed by atoms with E-state index < -0.39 is 12.1 Å². The number of aryl methyl sites for hydroxylation is 3. The lowest BCUT2D eigenvalue weighted by molar-refractivity contribution is -0.155. The zero-order valence-corrected chi connectivity index (χ0v) is 22.8. The molecule has 2 aliphatic rings. The Morgan fingerprint density at radius 1 is 1.18 bits per heavy atom. The number of benzene rings is 1. The molecule has 206 valence electrons. The highest BCUT2D eigenvalue weighted by molar-refractivity contribution is 5.97. The van der Waals surface area contributed by atoms with Gasteiger partial charge in [-0.25, -0.2) is 14.3 Å². The number of cyclic esters (lactones) is 1. The second kappa shape index (κ2) is 10.3. The predicted molar refractivity (Wildman–Crippen MR) is 142 cm³/mol. The van der Waals surface area contributed by atoms with Crippen LogP contribution in [0.2, 0.25) is 0 Å². The molecule has 5 rings (SSSR count). The van der Waals surface area contributed by atoms with Crippen molar-refractivity contribution in [2.75, 3.05) is 7.11 Å². The number of carbonyl (C=O) groups excluding carboxylic acids is 2. The molecule has 39 heavy (non-hydrogen) atoms. The molecule has 1 aliphatic carbocycles. The molecule has 1 aromatic carbocycles. The van der Waals surface area contributed by atoms with E-state index in [2.05, 4.69) is 15.1 Å². The summed E-state index contributed by atoms with van der Waals surface area (Å²) in [5.74, 6) is 0.493. The Morgan fingerprint density at radius 3 is 2.59 bits per heavy atom. The molecule has 1 unspecified atom stereocenters. The third-order valence-corrected chi connectivity index (χ3v) is 8.17. The lowest BCUT2D eigenvalue weighted by Gasteiger charge is -2.39. The van der Waals surface area contributed by atoms with Crippen LogP contribution in [-0.4, -0.2) is 54.8 Å². The molecule has 3 heterocycles. The summed E-state index contributed by atoms with van der Waals surface area (Å²) >= 11 is 0. The highest BCUT2D eigenvalue weighted by Crippen LogP contribution is 2.49. The highest BCUT2D eigenvalue weighted by atomic mass is 16.5. The van der Waals surface area contributed by atoms with Crippen molar-refractivity contribution < 1.29 is 29.3 Å². The average Bonchev–Trinajstić information content (AvgIpc) is 3.53. The first-order valence-corrected chi connectivity index (χ1v) is 13.3. The Balaban J connectivity index is 1.37. The fourth-order valence-corrected chi connectivity index (χ4v) is 6.09. The molecule has 0 amide bonds. The van der Waals surface area contributed by atoms with Crippen LogP contribution in [0.5, 0.6) is 11.5 Å². The fraction of sp³-hybridized carbons (Fsp3) is 0.483. The molecule has 0 bridgehead atoms. The van der Waals surface area contributed by atoms with Crippen LogP contribution in [0.15, 0.2) is 29.5 Å². The molecule has 0 spiro atoms. The number of hydrogen-bond acceptors (Lipinski definition) is 9. The van der Waals surface area contributed by atoms with Gasteiger partial charge in [0.15, 0.2) is 11.6 Å². The number of phenols is 1. The molecule has 1 saturated carbocycles. The number of fused-ring (bicyclic) bond motifs is 1.